The zero-order valence-electron chi connectivity index (χ0n) is 12.6. The summed E-state index contributed by atoms with van der Waals surface area (Å²) in [7, 11) is 0. The van der Waals surface area contributed by atoms with E-state index in [9.17, 15) is 31.1 Å². The number of esters is 1. The molecular weight excluding hydrogens is 356 g/mol. The fourth-order valence-electron chi connectivity index (χ4n) is 2.01. The van der Waals surface area contributed by atoms with Gasteiger partial charge in [0, 0.05) is 0 Å². The maximum atomic E-state index is 13.2. The summed E-state index contributed by atoms with van der Waals surface area (Å²) < 4.78 is 82.0. The van der Waals surface area contributed by atoms with Crippen LogP contribution >= 0.6 is 0 Å². The lowest BCUT2D eigenvalue weighted by molar-refractivity contribution is -0.144. The van der Waals surface area contributed by atoms with Crippen molar-refractivity contribution in [1.29, 1.82) is 0 Å². The molecule has 0 aliphatic carbocycles. The smallest absolute Gasteiger partial charge is 0.435 e. The quantitative estimate of drug-likeness (QED) is 0.613. The molecular formula is C14H11F6N3O2. The largest absolute Gasteiger partial charge is 0.461 e. The van der Waals surface area contributed by atoms with Crippen molar-refractivity contribution < 1.29 is 35.9 Å². The summed E-state index contributed by atoms with van der Waals surface area (Å²) in [5, 5.41) is 6.47. The van der Waals surface area contributed by atoms with Gasteiger partial charge in [-0.1, -0.05) is 17.3 Å². The van der Waals surface area contributed by atoms with Crippen LogP contribution in [0.2, 0.25) is 0 Å². The summed E-state index contributed by atoms with van der Waals surface area (Å²) in [4.78, 5) is 11.6. The average molecular weight is 367 g/mol. The van der Waals surface area contributed by atoms with Crippen LogP contribution in [0.4, 0.5) is 26.3 Å². The van der Waals surface area contributed by atoms with Crippen molar-refractivity contribution in [3.8, 4) is 0 Å². The first-order valence-corrected chi connectivity index (χ1v) is 6.88. The fraction of sp³-hybridized carbons (Fsp3) is 0.357. The number of aromatic nitrogens is 3. The second-order valence-electron chi connectivity index (χ2n) is 4.86. The van der Waals surface area contributed by atoms with Gasteiger partial charge in [-0.2, -0.15) is 26.3 Å². The van der Waals surface area contributed by atoms with Crippen LogP contribution in [-0.4, -0.2) is 27.6 Å². The number of hydrogen-bond donors (Lipinski definition) is 0. The number of halogens is 6. The van der Waals surface area contributed by atoms with E-state index < -0.39 is 41.8 Å². The van der Waals surface area contributed by atoms with Crippen molar-refractivity contribution in [1.82, 2.24) is 15.0 Å². The van der Waals surface area contributed by atoms with E-state index in [1.54, 1.807) is 0 Å². The summed E-state index contributed by atoms with van der Waals surface area (Å²) in [5.41, 5.74) is -3.23. The standard InChI is InChI=1S/C14H11F6N3O2/c1-2-25-12(24)10-11(14(18,19)20)23(22-21-10)7-8-3-5-9(6-4-8)13(15,16)17/h3-6H,2,7H2,1H3. The average Bonchev–Trinajstić information content (AvgIpc) is 2.91. The van der Waals surface area contributed by atoms with E-state index in [-0.39, 0.29) is 12.2 Å². The van der Waals surface area contributed by atoms with Gasteiger partial charge in [0.05, 0.1) is 18.7 Å². The Hall–Kier alpha value is -2.59. The van der Waals surface area contributed by atoms with Crippen LogP contribution in [0.5, 0.6) is 0 Å². The molecule has 25 heavy (non-hydrogen) atoms. The first-order valence-electron chi connectivity index (χ1n) is 6.88. The molecule has 0 unspecified atom stereocenters. The molecule has 0 saturated carbocycles. The first-order chi connectivity index (χ1) is 11.5. The van der Waals surface area contributed by atoms with Gasteiger partial charge in [-0.15, -0.1) is 5.10 Å². The van der Waals surface area contributed by atoms with E-state index in [2.05, 4.69) is 15.0 Å². The number of ether oxygens (including phenoxy) is 1. The van der Waals surface area contributed by atoms with E-state index >= 15 is 0 Å². The van der Waals surface area contributed by atoms with Gasteiger partial charge in [0.1, 0.15) is 0 Å². The summed E-state index contributed by atoms with van der Waals surface area (Å²) in [6.07, 6.45) is -9.50. The molecule has 0 aliphatic heterocycles. The molecule has 5 nitrogen and oxygen atoms in total. The highest BCUT2D eigenvalue weighted by molar-refractivity contribution is 5.88. The van der Waals surface area contributed by atoms with Gasteiger partial charge >= 0.3 is 18.3 Å². The van der Waals surface area contributed by atoms with Gasteiger partial charge in [-0.3, -0.25) is 0 Å². The van der Waals surface area contributed by atoms with Crippen molar-refractivity contribution in [2.75, 3.05) is 6.61 Å². The Labute approximate surface area is 137 Å². The van der Waals surface area contributed by atoms with Crippen molar-refractivity contribution >= 4 is 5.97 Å². The molecule has 0 radical (unpaired) electrons. The number of carbonyl (C=O) groups excluding carboxylic acids is 1. The summed E-state index contributed by atoms with van der Waals surface area (Å²) in [6, 6.07) is 3.53. The lowest BCUT2D eigenvalue weighted by Crippen LogP contribution is -2.20. The Morgan fingerprint density at radius 2 is 1.68 bits per heavy atom. The minimum Gasteiger partial charge on any atom is -0.461 e. The molecule has 1 heterocycles. The molecule has 0 aliphatic rings. The third-order valence-electron chi connectivity index (χ3n) is 3.09. The normalized spacial score (nSPS) is 12.3. The van der Waals surface area contributed by atoms with Gasteiger partial charge in [-0.05, 0) is 24.6 Å². The highest BCUT2D eigenvalue weighted by Gasteiger charge is 2.42. The number of alkyl halides is 6. The Morgan fingerprint density at radius 3 is 2.16 bits per heavy atom. The maximum Gasteiger partial charge on any atom is 0.435 e. The zero-order chi connectivity index (χ0) is 18.8. The molecule has 11 heteroatoms. The molecule has 1 aromatic heterocycles. The minimum atomic E-state index is -4.95. The molecule has 2 aromatic rings. The summed E-state index contributed by atoms with van der Waals surface area (Å²) in [6.45, 7) is 0.749. The van der Waals surface area contributed by atoms with Gasteiger partial charge < -0.3 is 4.74 Å². The fourth-order valence-corrected chi connectivity index (χ4v) is 2.01. The summed E-state index contributed by atoms with van der Waals surface area (Å²) >= 11 is 0. The van der Waals surface area contributed by atoms with Crippen LogP contribution in [0.25, 0.3) is 0 Å². The van der Waals surface area contributed by atoms with E-state index in [0.29, 0.717) is 4.68 Å². The van der Waals surface area contributed by atoms with Crippen LogP contribution < -0.4 is 0 Å². The molecule has 0 N–H and O–H groups in total. The molecule has 0 fully saturated rings. The first kappa shape index (κ1) is 18.7. The van der Waals surface area contributed by atoms with E-state index in [1.807, 2.05) is 0 Å². The lowest BCUT2D eigenvalue weighted by Gasteiger charge is -2.11. The second-order valence-corrected chi connectivity index (χ2v) is 4.86. The Kier molecular flexibility index (Phi) is 5.04. The monoisotopic (exact) mass is 367 g/mol. The second kappa shape index (κ2) is 6.73. The van der Waals surface area contributed by atoms with Crippen molar-refractivity contribution in [2.24, 2.45) is 0 Å². The Morgan fingerprint density at radius 1 is 1.08 bits per heavy atom. The summed E-state index contributed by atoms with van der Waals surface area (Å²) in [5.74, 6) is -1.28. The number of carbonyl (C=O) groups is 1. The molecule has 0 atom stereocenters. The minimum absolute atomic E-state index is 0.124. The molecule has 0 bridgehead atoms. The topological polar surface area (TPSA) is 57.0 Å². The third-order valence-corrected chi connectivity index (χ3v) is 3.09. The molecule has 0 saturated heterocycles. The lowest BCUT2D eigenvalue weighted by atomic mass is 10.1. The molecule has 0 amide bonds. The Bertz CT molecular complexity index is 749. The van der Waals surface area contributed by atoms with Crippen molar-refractivity contribution in [3.63, 3.8) is 0 Å². The van der Waals surface area contributed by atoms with Crippen LogP contribution in [0.3, 0.4) is 0 Å². The third kappa shape index (κ3) is 4.28. The molecule has 1 aromatic carbocycles. The SMILES string of the molecule is CCOC(=O)c1nnn(Cc2ccc(C(F)(F)F)cc2)c1C(F)(F)F. The van der Waals surface area contributed by atoms with Crippen LogP contribution in [0.1, 0.15) is 34.2 Å². The van der Waals surface area contributed by atoms with Gasteiger partial charge in [0.15, 0.2) is 5.69 Å². The van der Waals surface area contributed by atoms with Crippen LogP contribution in [0.15, 0.2) is 24.3 Å². The highest BCUT2D eigenvalue weighted by Crippen LogP contribution is 2.32. The molecule has 2 rings (SSSR count). The molecule has 136 valence electrons. The predicted octanol–water partition coefficient (Wildman–Crippen LogP) is 3.54. The predicted molar refractivity (Wildman–Crippen MR) is 71.5 cm³/mol. The van der Waals surface area contributed by atoms with Crippen molar-refractivity contribution in [2.45, 2.75) is 25.8 Å². The van der Waals surface area contributed by atoms with Gasteiger partial charge in [0.2, 0.25) is 5.69 Å². The van der Waals surface area contributed by atoms with Gasteiger partial charge in [0.25, 0.3) is 0 Å². The van der Waals surface area contributed by atoms with Crippen LogP contribution in [-0.2, 0) is 23.6 Å². The van der Waals surface area contributed by atoms with E-state index in [4.69, 9.17) is 0 Å². The molecule has 0 spiro atoms. The van der Waals surface area contributed by atoms with E-state index in [0.717, 1.165) is 24.3 Å². The maximum absolute atomic E-state index is 13.2. The van der Waals surface area contributed by atoms with Gasteiger partial charge in [-0.25, -0.2) is 9.48 Å². The van der Waals surface area contributed by atoms with Crippen molar-refractivity contribution in [3.05, 3.63) is 46.8 Å². The number of hydrogen-bond acceptors (Lipinski definition) is 4. The number of benzene rings is 1. The number of rotatable bonds is 4. The zero-order valence-corrected chi connectivity index (χ0v) is 12.6. The Balaban J connectivity index is 2.35. The highest BCUT2D eigenvalue weighted by atomic mass is 19.4. The van der Waals surface area contributed by atoms with E-state index in [1.165, 1.54) is 6.92 Å². The van der Waals surface area contributed by atoms with Crippen LogP contribution in [0, 0.1) is 0 Å². The number of nitrogens with zero attached hydrogens (tertiary/aromatic N) is 3.